The summed E-state index contributed by atoms with van der Waals surface area (Å²) in [7, 11) is 0. The molecule has 4 aromatic rings. The molecule has 6 nitrogen and oxygen atoms in total. The number of ether oxygens (including phenoxy) is 2. The van der Waals surface area contributed by atoms with E-state index >= 15 is 0 Å². The number of aryl methyl sites for hydroxylation is 1. The third kappa shape index (κ3) is 6.06. The molecule has 0 fully saturated rings. The van der Waals surface area contributed by atoms with Crippen molar-refractivity contribution in [3.05, 3.63) is 128 Å². The van der Waals surface area contributed by atoms with Gasteiger partial charge in [0.1, 0.15) is 6.61 Å². The van der Waals surface area contributed by atoms with E-state index in [0.29, 0.717) is 46.4 Å². The molecule has 5 rings (SSSR count). The van der Waals surface area contributed by atoms with Crippen molar-refractivity contribution in [2.45, 2.75) is 33.4 Å². The number of carbonyl (C=O) groups is 1. The molecule has 0 unspecified atom stereocenters. The Morgan fingerprint density at radius 2 is 1.83 bits per heavy atom. The Labute approximate surface area is 259 Å². The lowest BCUT2D eigenvalue weighted by atomic mass is 9.95. The van der Waals surface area contributed by atoms with Crippen LogP contribution in [0.15, 0.2) is 86.2 Å². The Kier molecular flexibility index (Phi) is 8.85. The van der Waals surface area contributed by atoms with Gasteiger partial charge in [0.15, 0.2) is 10.6 Å². The van der Waals surface area contributed by atoms with Crippen LogP contribution in [-0.2, 0) is 16.1 Å². The monoisotopic (exact) mass is 670 g/mol. The smallest absolute Gasteiger partial charge is 0.338 e. The number of carbonyl (C=O) groups excluding carboxylic acids is 1. The van der Waals surface area contributed by atoms with Gasteiger partial charge in [0, 0.05) is 10.6 Å². The quantitative estimate of drug-likeness (QED) is 0.204. The molecule has 1 aromatic heterocycles. The fourth-order valence-corrected chi connectivity index (χ4v) is 6.80. The minimum atomic E-state index is -0.663. The van der Waals surface area contributed by atoms with Crippen molar-refractivity contribution in [1.29, 1.82) is 0 Å². The van der Waals surface area contributed by atoms with Crippen LogP contribution < -0.4 is 19.6 Å². The second-order valence-electron chi connectivity index (χ2n) is 9.41. The largest absolute Gasteiger partial charge is 0.486 e. The van der Waals surface area contributed by atoms with Crippen LogP contribution in [0.5, 0.6) is 5.75 Å². The van der Waals surface area contributed by atoms with Crippen LogP contribution in [0.4, 0.5) is 0 Å². The molecule has 10 heteroatoms. The molecule has 0 bridgehead atoms. The van der Waals surface area contributed by atoms with Crippen molar-refractivity contribution in [3.8, 4) is 5.75 Å². The van der Waals surface area contributed by atoms with E-state index in [4.69, 9.17) is 32.7 Å². The topological polar surface area (TPSA) is 69.9 Å². The Morgan fingerprint density at radius 3 is 2.51 bits per heavy atom. The van der Waals surface area contributed by atoms with Crippen LogP contribution in [0.1, 0.15) is 42.1 Å². The molecule has 41 heavy (non-hydrogen) atoms. The van der Waals surface area contributed by atoms with E-state index in [0.717, 1.165) is 16.7 Å². The summed E-state index contributed by atoms with van der Waals surface area (Å²) in [5, 5.41) is 0.987. The number of halogens is 3. The molecule has 0 saturated heterocycles. The highest BCUT2D eigenvalue weighted by molar-refractivity contribution is 9.10. The molecule has 0 amide bonds. The number of allylic oxidation sites excluding steroid dienone is 1. The molecule has 210 valence electrons. The minimum absolute atomic E-state index is 0.217. The average molecular weight is 672 g/mol. The second-order valence-corrected chi connectivity index (χ2v) is 12.1. The Balaban J connectivity index is 1.56. The highest BCUT2D eigenvalue weighted by Gasteiger charge is 2.33. The van der Waals surface area contributed by atoms with E-state index in [1.165, 1.54) is 11.3 Å². The first kappa shape index (κ1) is 29.3. The van der Waals surface area contributed by atoms with Crippen LogP contribution in [-0.4, -0.2) is 17.1 Å². The van der Waals surface area contributed by atoms with Crippen LogP contribution in [0.3, 0.4) is 0 Å². The Hall–Kier alpha value is -3.17. The normalized spacial score (nSPS) is 15.0. The number of hydrogen-bond donors (Lipinski definition) is 0. The van der Waals surface area contributed by atoms with Crippen LogP contribution in [0.2, 0.25) is 10.0 Å². The molecule has 1 atom stereocenters. The van der Waals surface area contributed by atoms with Crippen molar-refractivity contribution >= 4 is 62.5 Å². The molecule has 0 radical (unpaired) electrons. The zero-order valence-corrected chi connectivity index (χ0v) is 26.3. The van der Waals surface area contributed by atoms with Crippen LogP contribution in [0, 0.1) is 6.92 Å². The molecule has 1 aliphatic heterocycles. The average Bonchev–Trinajstić information content (AvgIpc) is 3.23. The number of hydrogen-bond acceptors (Lipinski definition) is 6. The lowest BCUT2D eigenvalue weighted by molar-refractivity contribution is -0.139. The molecule has 1 aliphatic rings. The first-order valence-electron chi connectivity index (χ1n) is 12.8. The summed E-state index contributed by atoms with van der Waals surface area (Å²) >= 11 is 17.7. The summed E-state index contributed by atoms with van der Waals surface area (Å²) in [6.07, 6.45) is 1.76. The maximum Gasteiger partial charge on any atom is 0.338 e. The van der Waals surface area contributed by atoms with Gasteiger partial charge in [-0.2, -0.15) is 0 Å². The molecule has 2 heterocycles. The summed E-state index contributed by atoms with van der Waals surface area (Å²) in [6.45, 7) is 5.97. The number of thiazole rings is 1. The molecular formula is C31H25BrCl2N2O4S. The Morgan fingerprint density at radius 1 is 1.10 bits per heavy atom. The highest BCUT2D eigenvalue weighted by atomic mass is 79.9. The van der Waals surface area contributed by atoms with Crippen LogP contribution in [0.25, 0.3) is 6.08 Å². The van der Waals surface area contributed by atoms with E-state index in [1.54, 1.807) is 36.6 Å². The van der Waals surface area contributed by atoms with E-state index in [1.807, 2.05) is 55.5 Å². The number of benzene rings is 3. The molecule has 0 N–H and O–H groups in total. The van der Waals surface area contributed by atoms with Gasteiger partial charge in [-0.1, -0.05) is 82.6 Å². The summed E-state index contributed by atoms with van der Waals surface area (Å²) < 4.78 is 14.0. The summed E-state index contributed by atoms with van der Waals surface area (Å²) in [5.41, 5.74) is 4.01. The van der Waals surface area contributed by atoms with E-state index in [9.17, 15) is 9.59 Å². The first-order chi connectivity index (χ1) is 19.7. The SMILES string of the molecule is CCOC(=O)C1=C(C)N=c2s/c(=C/c3cc(Cl)c(OCc4ccccc4Cl)c(Br)c3)c(=O)n2[C@H]1c1ccc(C)cc1. The van der Waals surface area contributed by atoms with Gasteiger partial charge in [-0.3, -0.25) is 9.36 Å². The van der Waals surface area contributed by atoms with Crippen molar-refractivity contribution in [1.82, 2.24) is 4.57 Å². The van der Waals surface area contributed by atoms with Crippen molar-refractivity contribution < 1.29 is 14.3 Å². The fourth-order valence-electron chi connectivity index (χ4n) is 4.57. The Bertz CT molecular complexity index is 1840. The number of rotatable bonds is 7. The fraction of sp³-hybridized carbons (Fsp3) is 0.194. The van der Waals surface area contributed by atoms with Gasteiger partial charge < -0.3 is 9.47 Å². The van der Waals surface area contributed by atoms with Crippen LogP contribution >= 0.6 is 50.5 Å². The van der Waals surface area contributed by atoms with E-state index in [2.05, 4.69) is 20.9 Å². The first-order valence-corrected chi connectivity index (χ1v) is 15.2. The van der Waals surface area contributed by atoms with E-state index in [-0.39, 0.29) is 18.8 Å². The van der Waals surface area contributed by atoms with E-state index < -0.39 is 12.0 Å². The van der Waals surface area contributed by atoms with Gasteiger partial charge in [0.05, 0.1) is 37.9 Å². The predicted molar refractivity (Wildman–Crippen MR) is 167 cm³/mol. The molecule has 0 aliphatic carbocycles. The van der Waals surface area contributed by atoms with Crippen molar-refractivity contribution in [2.75, 3.05) is 6.61 Å². The maximum atomic E-state index is 13.9. The maximum absolute atomic E-state index is 13.9. The van der Waals surface area contributed by atoms with Gasteiger partial charge >= 0.3 is 5.97 Å². The van der Waals surface area contributed by atoms with Crippen molar-refractivity contribution in [3.63, 3.8) is 0 Å². The summed E-state index contributed by atoms with van der Waals surface area (Å²) in [4.78, 5) is 32.0. The summed E-state index contributed by atoms with van der Waals surface area (Å²) in [6, 6.07) is 18.1. The number of fused-ring (bicyclic) bond motifs is 1. The molecule has 0 saturated carbocycles. The van der Waals surface area contributed by atoms with Gasteiger partial charge in [-0.15, -0.1) is 0 Å². The summed E-state index contributed by atoms with van der Waals surface area (Å²) in [5.74, 6) is -0.0176. The third-order valence-electron chi connectivity index (χ3n) is 6.56. The molecule has 0 spiro atoms. The zero-order chi connectivity index (χ0) is 29.3. The van der Waals surface area contributed by atoms with Gasteiger partial charge in [0.2, 0.25) is 0 Å². The zero-order valence-electron chi connectivity index (χ0n) is 22.4. The molecule has 3 aromatic carbocycles. The third-order valence-corrected chi connectivity index (χ3v) is 8.78. The number of nitrogens with zero attached hydrogens (tertiary/aromatic N) is 2. The highest BCUT2D eigenvalue weighted by Crippen LogP contribution is 2.36. The number of aromatic nitrogens is 1. The lowest BCUT2D eigenvalue weighted by Crippen LogP contribution is -2.39. The standard InChI is InChI=1S/C31H25BrCl2N2O4S/c1-4-39-30(38)26-18(3)35-31-36(27(26)20-11-9-17(2)10-12-20)29(37)25(41-31)15-19-13-22(32)28(24(34)14-19)40-16-21-7-5-6-8-23(21)33/h5-15,27H,4,16H2,1-3H3/b25-15+/t27-/m0/s1. The van der Waals surface area contributed by atoms with Gasteiger partial charge in [0.25, 0.3) is 5.56 Å². The van der Waals surface area contributed by atoms with Gasteiger partial charge in [-0.25, -0.2) is 9.79 Å². The molecular weight excluding hydrogens is 647 g/mol. The van der Waals surface area contributed by atoms with Gasteiger partial charge in [-0.05, 0) is 72.1 Å². The second kappa shape index (κ2) is 12.4. The minimum Gasteiger partial charge on any atom is -0.486 e. The number of esters is 1. The lowest BCUT2D eigenvalue weighted by Gasteiger charge is -2.24. The van der Waals surface area contributed by atoms with Crippen molar-refractivity contribution in [2.24, 2.45) is 4.99 Å². The predicted octanol–water partition coefficient (Wildman–Crippen LogP) is 6.76.